The number of imidazole rings is 2. The van der Waals surface area contributed by atoms with E-state index >= 15 is 0 Å². The Balaban J connectivity index is 0.916. The number of aromatic amines is 2. The number of aromatic nitrogens is 4. The number of piperidine rings is 1. The lowest BCUT2D eigenvalue weighted by Crippen LogP contribution is -2.52. The van der Waals surface area contributed by atoms with E-state index in [4.69, 9.17) is 19.4 Å². The Kier molecular flexibility index (Phi) is 10.0. The molecule has 2 aromatic heterocycles. The van der Waals surface area contributed by atoms with Crippen LogP contribution >= 0.6 is 0 Å². The maximum Gasteiger partial charge on any atom is 0.407 e. The van der Waals surface area contributed by atoms with Gasteiger partial charge in [0.2, 0.25) is 5.91 Å². The van der Waals surface area contributed by atoms with Gasteiger partial charge in [-0.15, -0.1) is 0 Å². The van der Waals surface area contributed by atoms with Crippen LogP contribution in [-0.2, 0) is 19.1 Å². The second-order valence-electron chi connectivity index (χ2n) is 17.6. The van der Waals surface area contributed by atoms with E-state index in [0.717, 1.165) is 79.8 Å². The maximum absolute atomic E-state index is 14.1. The Morgan fingerprint density at radius 2 is 1.32 bits per heavy atom. The smallest absolute Gasteiger partial charge is 0.407 e. The van der Waals surface area contributed by atoms with Gasteiger partial charge in [-0.2, -0.15) is 0 Å². The van der Waals surface area contributed by atoms with Gasteiger partial charge in [0.05, 0.1) is 48.4 Å². The van der Waals surface area contributed by atoms with Gasteiger partial charge < -0.3 is 39.9 Å². The van der Waals surface area contributed by atoms with Crippen molar-refractivity contribution in [3.8, 4) is 11.1 Å². The van der Waals surface area contributed by atoms with Gasteiger partial charge in [0, 0.05) is 23.4 Å². The van der Waals surface area contributed by atoms with Crippen molar-refractivity contribution in [3.05, 3.63) is 108 Å². The van der Waals surface area contributed by atoms with Crippen LogP contribution in [0.3, 0.4) is 0 Å². The number of carbonyl (C=O) groups is 4. The molecule has 3 aliphatic rings. The van der Waals surface area contributed by atoms with Gasteiger partial charge in [0.15, 0.2) is 0 Å². The van der Waals surface area contributed by atoms with Gasteiger partial charge in [-0.05, 0) is 88.7 Å². The Bertz CT molecular complexity index is 2940. The van der Waals surface area contributed by atoms with E-state index in [0.29, 0.717) is 29.8 Å². The number of nitrogens with zero attached hydrogens (tertiary/aromatic N) is 4. The monoisotopic (exact) mass is 846 g/mol. The van der Waals surface area contributed by atoms with Gasteiger partial charge in [0.25, 0.3) is 5.91 Å². The van der Waals surface area contributed by atoms with Gasteiger partial charge >= 0.3 is 12.2 Å². The third-order valence-electron chi connectivity index (χ3n) is 13.6. The topological polar surface area (TPSA) is 175 Å². The minimum absolute atomic E-state index is 0.105. The molecule has 3 fully saturated rings. The number of nitrogens with one attached hydrogen (secondary N) is 4. The van der Waals surface area contributed by atoms with Crippen LogP contribution in [0.5, 0.6) is 0 Å². The predicted octanol–water partition coefficient (Wildman–Crippen LogP) is 8.46. The molecule has 2 saturated heterocycles. The van der Waals surface area contributed by atoms with E-state index in [1.165, 1.54) is 14.2 Å². The van der Waals surface area contributed by atoms with Crippen LogP contribution < -0.4 is 10.6 Å². The molecule has 14 heteroatoms. The first kappa shape index (κ1) is 40.1. The summed E-state index contributed by atoms with van der Waals surface area (Å²) in [6.07, 6.45) is 1.09. The van der Waals surface area contributed by atoms with Crippen LogP contribution in [0.4, 0.5) is 9.59 Å². The van der Waals surface area contributed by atoms with Gasteiger partial charge in [-0.25, -0.2) is 19.6 Å². The van der Waals surface area contributed by atoms with Crippen LogP contribution in [0.25, 0.3) is 54.7 Å². The van der Waals surface area contributed by atoms with Crippen LogP contribution in [0.1, 0.15) is 75.4 Å². The normalized spacial score (nSPS) is 21.5. The van der Waals surface area contributed by atoms with E-state index in [2.05, 4.69) is 82.1 Å². The minimum Gasteiger partial charge on any atom is -0.453 e. The SMILES string of the molecule is COC(=O)NC(C(=O)N1CCCC1c1nc2c(ccc3cc(-c4ccc5c(ccc6[nH]c(C7CC8C(C)C8N7C(=O)C(NC(=O)OC)C(C)C)nc65)c4)ccc32)[nH]1)c1ccccc1. The molecule has 0 spiro atoms. The molecule has 7 atom stereocenters. The molecular formula is C49H50N8O6. The fourth-order valence-electron chi connectivity index (χ4n) is 10.2. The molecule has 1 aliphatic carbocycles. The number of hydrogen-bond acceptors (Lipinski definition) is 8. The number of methoxy groups -OCH3 is 2. The Morgan fingerprint density at radius 3 is 1.90 bits per heavy atom. The number of carbonyl (C=O) groups excluding carboxylic acids is 4. The van der Waals surface area contributed by atoms with Crippen LogP contribution in [0.15, 0.2) is 91.0 Å². The molecule has 5 aromatic carbocycles. The second kappa shape index (κ2) is 15.7. The average molecular weight is 847 g/mol. The lowest BCUT2D eigenvalue weighted by Gasteiger charge is -2.32. The maximum atomic E-state index is 14.1. The highest BCUT2D eigenvalue weighted by Gasteiger charge is 2.61. The Hall–Kier alpha value is -6.96. The van der Waals surface area contributed by atoms with E-state index < -0.39 is 24.3 Å². The van der Waals surface area contributed by atoms with Gasteiger partial charge in [-0.3, -0.25) is 9.59 Å². The molecule has 63 heavy (non-hydrogen) atoms. The molecule has 2 aliphatic heterocycles. The summed E-state index contributed by atoms with van der Waals surface area (Å²) in [7, 11) is 2.59. The highest BCUT2D eigenvalue weighted by Crippen LogP contribution is 2.57. The predicted molar refractivity (Wildman–Crippen MR) is 239 cm³/mol. The van der Waals surface area contributed by atoms with Crippen molar-refractivity contribution in [1.29, 1.82) is 0 Å². The first-order valence-corrected chi connectivity index (χ1v) is 21.7. The molecule has 0 bridgehead atoms. The lowest BCUT2D eigenvalue weighted by atomic mass is 9.98. The number of benzene rings is 5. The average Bonchev–Trinajstić information content (AvgIpc) is 3.94. The van der Waals surface area contributed by atoms with E-state index in [-0.39, 0.29) is 35.9 Å². The van der Waals surface area contributed by atoms with E-state index in [9.17, 15) is 19.2 Å². The summed E-state index contributed by atoms with van der Waals surface area (Å²) in [6.45, 7) is 6.59. The number of amides is 4. The van der Waals surface area contributed by atoms with Crippen molar-refractivity contribution in [2.45, 2.75) is 70.2 Å². The summed E-state index contributed by atoms with van der Waals surface area (Å²) in [4.78, 5) is 73.9. The number of rotatable bonds is 9. The molecule has 4 amide bonds. The zero-order chi connectivity index (χ0) is 43.7. The van der Waals surface area contributed by atoms with Crippen molar-refractivity contribution < 1.29 is 28.7 Å². The molecule has 7 unspecified atom stereocenters. The Morgan fingerprint density at radius 1 is 0.730 bits per heavy atom. The van der Waals surface area contributed by atoms with E-state index in [1.807, 2.05) is 60.0 Å². The standard InChI is InChI=1S/C49H50N8O6/c1-25(2)39(54-48(60)62-4)47(59)57-38(24-34-26(3)43(34)57)45-51-36-20-16-31-23-29(14-18-33(31)42(36)53-45)28-13-17-32-30(22-28)15-19-35-41(32)52-44(50-35)37-12-9-21-56(37)46(58)40(55-49(61)63-5)27-10-7-6-8-11-27/h6-8,10-11,13-20,22-23,25-26,34,37-40,43H,9,12,21,24H2,1-5H3,(H,50,52)(H,51,53)(H,54,60)(H,55,61). The summed E-state index contributed by atoms with van der Waals surface area (Å²) in [6, 6.07) is 28.4. The molecule has 7 aromatic rings. The molecule has 10 rings (SSSR count). The van der Waals surface area contributed by atoms with E-state index in [1.54, 1.807) is 0 Å². The zero-order valence-corrected chi connectivity index (χ0v) is 35.8. The van der Waals surface area contributed by atoms with Crippen LogP contribution in [-0.4, -0.2) is 86.6 Å². The molecule has 322 valence electrons. The van der Waals surface area contributed by atoms with Gasteiger partial charge in [0.1, 0.15) is 23.7 Å². The van der Waals surface area contributed by atoms with Crippen LogP contribution in [0, 0.1) is 17.8 Å². The van der Waals surface area contributed by atoms with Gasteiger partial charge in [-0.1, -0.05) is 87.5 Å². The number of ether oxygens (including phenoxy) is 2. The molecule has 0 radical (unpaired) electrons. The molecule has 4 heterocycles. The fraction of sp³-hybridized carbons (Fsp3) is 0.347. The molecule has 14 nitrogen and oxygen atoms in total. The van der Waals surface area contributed by atoms with Crippen molar-refractivity contribution in [2.75, 3.05) is 20.8 Å². The molecule has 1 saturated carbocycles. The highest BCUT2D eigenvalue weighted by molar-refractivity contribution is 6.07. The zero-order valence-electron chi connectivity index (χ0n) is 35.8. The summed E-state index contributed by atoms with van der Waals surface area (Å²) in [5.41, 5.74) is 6.30. The largest absolute Gasteiger partial charge is 0.453 e. The number of alkyl carbamates (subject to hydrolysis) is 2. The second-order valence-corrected chi connectivity index (χ2v) is 17.6. The number of fused-ring (bicyclic) bond motifs is 7. The first-order valence-electron chi connectivity index (χ1n) is 21.7. The van der Waals surface area contributed by atoms with Crippen molar-refractivity contribution in [1.82, 2.24) is 40.4 Å². The summed E-state index contributed by atoms with van der Waals surface area (Å²) in [5, 5.41) is 9.62. The van der Waals surface area contributed by atoms with Crippen molar-refractivity contribution in [3.63, 3.8) is 0 Å². The quantitative estimate of drug-likeness (QED) is 0.112. The fourth-order valence-corrected chi connectivity index (χ4v) is 10.2. The Labute approximate surface area is 363 Å². The van der Waals surface area contributed by atoms with Crippen molar-refractivity contribution >= 4 is 67.6 Å². The number of H-pyrrole nitrogens is 2. The number of hydrogen-bond donors (Lipinski definition) is 4. The third-order valence-corrected chi connectivity index (χ3v) is 13.6. The third kappa shape index (κ3) is 6.97. The lowest BCUT2D eigenvalue weighted by molar-refractivity contribution is -0.137. The minimum atomic E-state index is -0.891. The summed E-state index contributed by atoms with van der Waals surface area (Å²) < 4.78 is 9.72. The summed E-state index contributed by atoms with van der Waals surface area (Å²) >= 11 is 0. The molecular weight excluding hydrogens is 797 g/mol. The first-order chi connectivity index (χ1) is 30.5. The summed E-state index contributed by atoms with van der Waals surface area (Å²) in [5.74, 6) is 1.84. The highest BCUT2D eigenvalue weighted by atomic mass is 16.5. The number of likely N-dealkylation sites (tertiary alicyclic amines) is 2. The van der Waals surface area contributed by atoms with Crippen molar-refractivity contribution in [2.24, 2.45) is 17.8 Å². The molecule has 4 N–H and O–H groups in total. The van der Waals surface area contributed by atoms with Crippen LogP contribution in [0.2, 0.25) is 0 Å².